The molecule has 0 saturated heterocycles. The Hall–Kier alpha value is -3.20. The summed E-state index contributed by atoms with van der Waals surface area (Å²) in [5.74, 6) is -0.549. The van der Waals surface area contributed by atoms with Crippen LogP contribution >= 0.6 is 12.2 Å². The maximum atomic E-state index is 11.0. The number of hydrogen-bond donors (Lipinski definition) is 3. The molecule has 136 valence electrons. The Morgan fingerprint density at radius 3 is 2.58 bits per heavy atom. The van der Waals surface area contributed by atoms with Gasteiger partial charge in [-0.1, -0.05) is 18.2 Å². The minimum absolute atomic E-state index is 0.0168. The van der Waals surface area contributed by atoms with Crippen molar-refractivity contribution in [3.63, 3.8) is 0 Å². The van der Waals surface area contributed by atoms with Crippen LogP contribution in [0.25, 0.3) is 0 Å². The third-order valence-electron chi connectivity index (χ3n) is 3.59. The van der Waals surface area contributed by atoms with Crippen molar-refractivity contribution in [1.82, 2.24) is 5.43 Å². The second-order valence-corrected chi connectivity index (χ2v) is 5.85. The predicted octanol–water partition coefficient (Wildman–Crippen LogP) is 3.25. The quantitative estimate of drug-likeness (QED) is 0.319. The van der Waals surface area contributed by atoms with Gasteiger partial charge >= 0.3 is 5.69 Å². The summed E-state index contributed by atoms with van der Waals surface area (Å²) in [6, 6.07) is 8.49. The number of ether oxygens (including phenoxy) is 1. The zero-order valence-corrected chi connectivity index (χ0v) is 15.3. The van der Waals surface area contributed by atoms with Crippen molar-refractivity contribution >= 4 is 34.9 Å². The SMILES string of the molecule is COc1cc(C=NNC(=S)Nc2c(C)cccc2C)cc([N+](=O)[O-])c1O. The number of nitro groups is 1. The Bertz CT molecular complexity index is 863. The summed E-state index contributed by atoms with van der Waals surface area (Å²) in [5.41, 5.74) is 5.52. The average molecular weight is 374 g/mol. The molecule has 0 fully saturated rings. The van der Waals surface area contributed by atoms with E-state index in [1.165, 1.54) is 25.5 Å². The highest BCUT2D eigenvalue weighted by Gasteiger charge is 2.19. The van der Waals surface area contributed by atoms with Crippen LogP contribution < -0.4 is 15.5 Å². The summed E-state index contributed by atoms with van der Waals surface area (Å²) < 4.78 is 4.93. The van der Waals surface area contributed by atoms with Gasteiger partial charge in [0.2, 0.25) is 5.75 Å². The van der Waals surface area contributed by atoms with Gasteiger partial charge in [0, 0.05) is 17.3 Å². The topological polar surface area (TPSA) is 109 Å². The molecule has 3 N–H and O–H groups in total. The summed E-state index contributed by atoms with van der Waals surface area (Å²) in [7, 11) is 1.31. The fraction of sp³-hybridized carbons (Fsp3) is 0.176. The molecule has 0 bridgehead atoms. The molecular weight excluding hydrogens is 356 g/mol. The average Bonchev–Trinajstić information content (AvgIpc) is 2.59. The first-order valence-corrected chi connectivity index (χ1v) is 7.96. The molecule has 0 amide bonds. The highest BCUT2D eigenvalue weighted by atomic mass is 32.1. The van der Waals surface area contributed by atoms with Crippen LogP contribution in [-0.4, -0.2) is 28.5 Å². The second kappa shape index (κ2) is 8.26. The lowest BCUT2D eigenvalue weighted by Crippen LogP contribution is -2.24. The van der Waals surface area contributed by atoms with E-state index in [0.717, 1.165) is 16.8 Å². The van der Waals surface area contributed by atoms with E-state index >= 15 is 0 Å². The molecule has 0 atom stereocenters. The number of benzene rings is 2. The highest BCUT2D eigenvalue weighted by molar-refractivity contribution is 7.80. The molecule has 9 heteroatoms. The van der Waals surface area contributed by atoms with Gasteiger partial charge in [0.05, 0.1) is 18.2 Å². The number of rotatable bonds is 5. The number of para-hydroxylation sites is 1. The Balaban J connectivity index is 2.12. The standard InChI is InChI=1S/C17H18N4O4S/c1-10-5-4-6-11(2)15(10)19-17(26)20-18-9-12-7-13(21(23)24)16(22)14(8-12)25-3/h4-9,22H,1-3H3,(H2,19,20,26). The summed E-state index contributed by atoms with van der Waals surface area (Å²) in [6.07, 6.45) is 1.34. The predicted molar refractivity (Wildman–Crippen MR) is 104 cm³/mol. The molecule has 2 aromatic rings. The molecule has 8 nitrogen and oxygen atoms in total. The monoisotopic (exact) mass is 374 g/mol. The van der Waals surface area contributed by atoms with Crippen LogP contribution in [0.3, 0.4) is 0 Å². The molecule has 0 spiro atoms. The van der Waals surface area contributed by atoms with E-state index in [-0.39, 0.29) is 10.9 Å². The van der Waals surface area contributed by atoms with E-state index < -0.39 is 16.4 Å². The number of aryl methyl sites for hydroxylation is 2. The van der Waals surface area contributed by atoms with Crippen molar-refractivity contribution in [3.8, 4) is 11.5 Å². The highest BCUT2D eigenvalue weighted by Crippen LogP contribution is 2.36. The molecule has 0 radical (unpaired) electrons. The molecule has 26 heavy (non-hydrogen) atoms. The van der Waals surface area contributed by atoms with Crippen LogP contribution in [0.15, 0.2) is 35.4 Å². The largest absolute Gasteiger partial charge is 0.500 e. The molecule has 2 aromatic carbocycles. The van der Waals surface area contributed by atoms with E-state index in [2.05, 4.69) is 15.8 Å². The number of hydrazone groups is 1. The van der Waals surface area contributed by atoms with Crippen molar-refractivity contribution in [3.05, 3.63) is 57.1 Å². The summed E-state index contributed by atoms with van der Waals surface area (Å²) in [6.45, 7) is 3.92. The lowest BCUT2D eigenvalue weighted by atomic mass is 10.1. The first-order chi connectivity index (χ1) is 12.3. The first-order valence-electron chi connectivity index (χ1n) is 7.55. The Labute approximate surface area is 155 Å². The van der Waals surface area contributed by atoms with E-state index in [9.17, 15) is 15.2 Å². The second-order valence-electron chi connectivity index (χ2n) is 5.44. The Morgan fingerprint density at radius 1 is 1.35 bits per heavy atom. The number of phenols is 1. The number of nitro benzene ring substituents is 1. The van der Waals surface area contributed by atoms with Gasteiger partial charge in [-0.3, -0.25) is 15.5 Å². The summed E-state index contributed by atoms with van der Waals surface area (Å²) in [5, 5.41) is 28.0. The van der Waals surface area contributed by atoms with Gasteiger partial charge < -0.3 is 15.2 Å². The number of aromatic hydroxyl groups is 1. The number of anilines is 1. The van der Waals surface area contributed by atoms with Crippen LogP contribution in [-0.2, 0) is 0 Å². The molecular formula is C17H18N4O4S. The van der Waals surface area contributed by atoms with E-state index in [1.807, 2.05) is 32.0 Å². The normalized spacial score (nSPS) is 10.6. The lowest BCUT2D eigenvalue weighted by molar-refractivity contribution is -0.386. The van der Waals surface area contributed by atoms with Crippen LogP contribution in [0.1, 0.15) is 16.7 Å². The molecule has 2 rings (SSSR count). The molecule has 0 aliphatic carbocycles. The smallest absolute Gasteiger partial charge is 0.315 e. The van der Waals surface area contributed by atoms with Crippen molar-refractivity contribution in [1.29, 1.82) is 0 Å². The molecule has 0 aliphatic rings. The van der Waals surface area contributed by atoms with Crippen molar-refractivity contribution in [2.75, 3.05) is 12.4 Å². The van der Waals surface area contributed by atoms with Crippen LogP contribution in [0.4, 0.5) is 11.4 Å². The summed E-state index contributed by atoms with van der Waals surface area (Å²) >= 11 is 5.20. The maximum absolute atomic E-state index is 11.0. The number of hydrogen-bond acceptors (Lipinski definition) is 6. The van der Waals surface area contributed by atoms with E-state index in [1.54, 1.807) is 0 Å². The molecule has 0 unspecified atom stereocenters. The van der Waals surface area contributed by atoms with Crippen LogP contribution in [0.2, 0.25) is 0 Å². The molecule has 0 saturated carbocycles. The third kappa shape index (κ3) is 4.45. The number of thiocarbonyl (C=S) groups is 1. The fourth-order valence-electron chi connectivity index (χ4n) is 2.30. The number of nitrogens with zero attached hydrogens (tertiary/aromatic N) is 2. The first kappa shape index (κ1) is 19.1. The number of phenolic OH excluding ortho intramolecular Hbond substituents is 1. The number of nitrogens with one attached hydrogen (secondary N) is 2. The minimum Gasteiger partial charge on any atom is -0.500 e. The van der Waals surface area contributed by atoms with Gasteiger partial charge in [-0.2, -0.15) is 5.10 Å². The van der Waals surface area contributed by atoms with Gasteiger partial charge in [-0.05, 0) is 43.3 Å². The molecule has 0 heterocycles. The molecule has 0 aromatic heterocycles. The lowest BCUT2D eigenvalue weighted by Gasteiger charge is -2.12. The van der Waals surface area contributed by atoms with Crippen LogP contribution in [0, 0.1) is 24.0 Å². The fourth-order valence-corrected chi connectivity index (χ4v) is 2.46. The van der Waals surface area contributed by atoms with Gasteiger partial charge in [-0.25, -0.2) is 0 Å². The van der Waals surface area contributed by atoms with E-state index in [4.69, 9.17) is 17.0 Å². The minimum atomic E-state index is -0.699. The van der Waals surface area contributed by atoms with E-state index in [0.29, 0.717) is 5.56 Å². The Kier molecular flexibility index (Phi) is 6.07. The summed E-state index contributed by atoms with van der Waals surface area (Å²) in [4.78, 5) is 10.3. The van der Waals surface area contributed by atoms with Crippen LogP contribution in [0.5, 0.6) is 11.5 Å². The van der Waals surface area contributed by atoms with Crippen molar-refractivity contribution in [2.24, 2.45) is 5.10 Å². The van der Waals surface area contributed by atoms with Crippen molar-refractivity contribution < 1.29 is 14.8 Å². The zero-order valence-electron chi connectivity index (χ0n) is 14.4. The molecule has 0 aliphatic heterocycles. The third-order valence-corrected chi connectivity index (χ3v) is 3.79. The zero-order chi connectivity index (χ0) is 19.3. The van der Waals surface area contributed by atoms with Crippen molar-refractivity contribution in [2.45, 2.75) is 13.8 Å². The Morgan fingerprint density at radius 2 is 2.00 bits per heavy atom. The van der Waals surface area contributed by atoms with Gasteiger partial charge in [0.25, 0.3) is 0 Å². The van der Waals surface area contributed by atoms with Gasteiger partial charge in [-0.15, -0.1) is 0 Å². The maximum Gasteiger partial charge on any atom is 0.315 e. The van der Waals surface area contributed by atoms with Gasteiger partial charge in [0.1, 0.15) is 0 Å². The number of methoxy groups -OCH3 is 1. The van der Waals surface area contributed by atoms with Gasteiger partial charge in [0.15, 0.2) is 10.9 Å².